The number of nitrogens with zero attached hydrogens (tertiary/aromatic N) is 2. The lowest BCUT2D eigenvalue weighted by Crippen LogP contribution is -2.44. The summed E-state index contributed by atoms with van der Waals surface area (Å²) in [5, 5.41) is 14.9. The molecule has 3 aliphatic rings. The van der Waals surface area contributed by atoms with Crippen molar-refractivity contribution in [1.82, 2.24) is 14.9 Å². The maximum atomic E-state index is 14.9. The zero-order valence-electron chi connectivity index (χ0n) is 19.8. The van der Waals surface area contributed by atoms with E-state index in [2.05, 4.69) is 17.9 Å². The second-order valence-electron chi connectivity index (χ2n) is 9.63. The number of benzene rings is 1. The molecule has 10 heteroatoms. The molecule has 2 atom stereocenters. The Hall–Kier alpha value is -3.24. The largest absolute Gasteiger partial charge is 0.458 e. The van der Waals surface area contributed by atoms with E-state index in [0.29, 0.717) is 35.3 Å². The summed E-state index contributed by atoms with van der Waals surface area (Å²) in [5.74, 6) is -1.36. The maximum Gasteiger partial charge on any atom is 0.343 e. The Balaban J connectivity index is 1.66. The average Bonchev–Trinajstić information content (AvgIpc) is 3.24. The van der Waals surface area contributed by atoms with Crippen molar-refractivity contribution < 1.29 is 23.8 Å². The van der Waals surface area contributed by atoms with Crippen LogP contribution < -0.4 is 10.9 Å². The van der Waals surface area contributed by atoms with Crippen molar-refractivity contribution in [2.24, 2.45) is 0 Å². The molecule has 0 spiro atoms. The van der Waals surface area contributed by atoms with Crippen molar-refractivity contribution in [2.45, 2.75) is 57.9 Å². The second-order valence-corrected chi connectivity index (χ2v) is 9.94. The Morgan fingerprint density at radius 2 is 2.11 bits per heavy atom. The Bertz CT molecular complexity index is 1580. The number of ether oxygens (including phenoxy) is 1. The summed E-state index contributed by atoms with van der Waals surface area (Å²) in [6.45, 7) is 3.37. The van der Waals surface area contributed by atoms with Gasteiger partial charge in [0.15, 0.2) is 5.60 Å². The quantitative estimate of drug-likeness (QED) is 0.289. The van der Waals surface area contributed by atoms with Crippen LogP contribution in [0.2, 0.25) is 0 Å². The van der Waals surface area contributed by atoms with Gasteiger partial charge < -0.3 is 19.7 Å². The number of halogens is 1. The number of aryl methyl sites for hydroxylation is 1. The first-order valence-electron chi connectivity index (χ1n) is 11.9. The highest BCUT2D eigenvalue weighted by atomic mass is 32.1. The van der Waals surface area contributed by atoms with Crippen molar-refractivity contribution >= 4 is 35.4 Å². The van der Waals surface area contributed by atoms with Gasteiger partial charge in [0.05, 0.1) is 40.8 Å². The second kappa shape index (κ2) is 7.88. The number of rotatable bonds is 3. The highest BCUT2D eigenvalue weighted by Crippen LogP contribution is 2.45. The molecular formula is C26H24FN3O5S. The van der Waals surface area contributed by atoms with Gasteiger partial charge >= 0.3 is 5.97 Å². The molecule has 0 fully saturated rings. The molecule has 8 nitrogen and oxygen atoms in total. The first kappa shape index (κ1) is 23.2. The van der Waals surface area contributed by atoms with Crippen molar-refractivity contribution in [3.8, 4) is 11.4 Å². The van der Waals surface area contributed by atoms with Gasteiger partial charge in [-0.2, -0.15) is 12.6 Å². The van der Waals surface area contributed by atoms with E-state index >= 15 is 0 Å². The van der Waals surface area contributed by atoms with E-state index < -0.39 is 11.6 Å². The third-order valence-electron chi connectivity index (χ3n) is 7.86. The van der Waals surface area contributed by atoms with Gasteiger partial charge in [-0.3, -0.25) is 9.59 Å². The number of thiol groups is 1. The van der Waals surface area contributed by atoms with Crippen LogP contribution >= 0.6 is 12.6 Å². The number of carbonyl (C=O) groups is 2. The number of hydrogen-bond donors (Lipinski definition) is 3. The number of fused-ring (bicyclic) bond motifs is 5. The van der Waals surface area contributed by atoms with Crippen LogP contribution in [-0.2, 0) is 39.5 Å². The fourth-order valence-electron chi connectivity index (χ4n) is 5.94. The minimum absolute atomic E-state index is 0.0260. The molecule has 0 bridgehead atoms. The molecule has 2 aliphatic heterocycles. The van der Waals surface area contributed by atoms with E-state index in [4.69, 9.17) is 9.72 Å². The predicted octanol–water partition coefficient (Wildman–Crippen LogP) is 2.56. The standard InChI is InChI=1S/C26H24FN3O5S/c1-3-26(34)15-6-19-23-13(8-30(19)24(32)14(15)9-35-25(26)33)22-17(28-20(31)10-36)5-4-12-11(2)16(27)7-18(29-23)21(12)22/h6-7,17,34,36H,3-5,8-10H2,1-2H3,(H,28,31)/t17-,26-/m0/s1. The lowest BCUT2D eigenvalue weighted by atomic mass is 9.81. The Morgan fingerprint density at radius 1 is 1.33 bits per heavy atom. The van der Waals surface area contributed by atoms with Crippen LogP contribution in [0.25, 0.3) is 22.3 Å². The van der Waals surface area contributed by atoms with Gasteiger partial charge in [0.1, 0.15) is 12.4 Å². The molecule has 1 aliphatic carbocycles. The molecule has 0 saturated heterocycles. The number of amides is 1. The molecule has 4 heterocycles. The summed E-state index contributed by atoms with van der Waals surface area (Å²) in [5.41, 5.74) is 2.52. The molecule has 36 heavy (non-hydrogen) atoms. The monoisotopic (exact) mass is 509 g/mol. The first-order chi connectivity index (χ1) is 17.2. The molecule has 186 valence electrons. The topological polar surface area (TPSA) is 111 Å². The molecular weight excluding hydrogens is 485 g/mol. The third-order valence-corrected chi connectivity index (χ3v) is 8.14. The smallest absolute Gasteiger partial charge is 0.343 e. The molecule has 2 N–H and O–H groups in total. The van der Waals surface area contributed by atoms with Crippen molar-refractivity contribution in [1.29, 1.82) is 0 Å². The van der Waals surface area contributed by atoms with E-state index in [1.54, 1.807) is 24.5 Å². The average molecular weight is 510 g/mol. The highest BCUT2D eigenvalue weighted by Gasteiger charge is 2.46. The fraction of sp³-hybridized carbons (Fsp3) is 0.385. The van der Waals surface area contributed by atoms with Gasteiger partial charge in [0.25, 0.3) is 5.56 Å². The van der Waals surface area contributed by atoms with Crippen LogP contribution in [0.5, 0.6) is 0 Å². The van der Waals surface area contributed by atoms with Gasteiger partial charge in [-0.25, -0.2) is 14.2 Å². The van der Waals surface area contributed by atoms with Crippen LogP contribution in [-0.4, -0.2) is 32.3 Å². The lowest BCUT2D eigenvalue weighted by molar-refractivity contribution is -0.172. The van der Waals surface area contributed by atoms with Gasteiger partial charge in [-0.05, 0) is 48.9 Å². The maximum absolute atomic E-state index is 14.9. The fourth-order valence-corrected chi connectivity index (χ4v) is 6.03. The van der Waals surface area contributed by atoms with E-state index in [9.17, 15) is 23.9 Å². The minimum atomic E-state index is -1.93. The van der Waals surface area contributed by atoms with E-state index in [1.807, 2.05) is 0 Å². The minimum Gasteiger partial charge on any atom is -0.458 e. The SMILES string of the molecule is CC[C@@]1(O)C(=O)OCc2c1cc1n(c2=O)Cc2c-1nc1cc(F)c(C)c3c1c2[C@@H](NC(=O)CS)CC3. The van der Waals surface area contributed by atoms with Gasteiger partial charge in [-0.15, -0.1) is 0 Å². The number of carbonyl (C=O) groups excluding carboxylic acids is 2. The van der Waals surface area contributed by atoms with Crippen molar-refractivity contribution in [3.05, 3.63) is 61.7 Å². The number of cyclic esters (lactones) is 1. The Morgan fingerprint density at radius 3 is 2.83 bits per heavy atom. The number of aliphatic hydroxyl groups is 1. The number of nitrogens with one attached hydrogen (secondary N) is 1. The normalized spacial score (nSPS) is 21.6. The molecule has 1 amide bonds. The number of hydrogen-bond acceptors (Lipinski definition) is 7. The number of aromatic nitrogens is 2. The summed E-state index contributed by atoms with van der Waals surface area (Å²) in [6.07, 6.45) is 1.19. The summed E-state index contributed by atoms with van der Waals surface area (Å²) < 4.78 is 21.6. The van der Waals surface area contributed by atoms with E-state index in [1.165, 1.54) is 6.07 Å². The van der Waals surface area contributed by atoms with Crippen molar-refractivity contribution in [3.63, 3.8) is 0 Å². The third kappa shape index (κ3) is 2.97. The van der Waals surface area contributed by atoms with Crippen LogP contribution in [0.1, 0.15) is 59.2 Å². The van der Waals surface area contributed by atoms with Crippen LogP contribution in [0.3, 0.4) is 0 Å². The molecule has 2 aromatic heterocycles. The molecule has 0 saturated carbocycles. The summed E-state index contributed by atoms with van der Waals surface area (Å²) >= 11 is 4.10. The van der Waals surface area contributed by atoms with Crippen molar-refractivity contribution in [2.75, 3.05) is 5.75 Å². The zero-order valence-corrected chi connectivity index (χ0v) is 20.7. The first-order valence-corrected chi connectivity index (χ1v) is 12.5. The summed E-state index contributed by atoms with van der Waals surface area (Å²) in [4.78, 5) is 43.1. The molecule has 6 rings (SSSR count). The molecule has 0 unspecified atom stereocenters. The zero-order chi connectivity index (χ0) is 25.5. The summed E-state index contributed by atoms with van der Waals surface area (Å²) in [7, 11) is 0. The lowest BCUT2D eigenvalue weighted by Gasteiger charge is -2.31. The Kier molecular flexibility index (Phi) is 5.07. The summed E-state index contributed by atoms with van der Waals surface area (Å²) in [6, 6.07) is 2.67. The Labute approximate surface area is 210 Å². The molecule has 0 radical (unpaired) electrons. The van der Waals surface area contributed by atoms with Crippen LogP contribution in [0, 0.1) is 12.7 Å². The predicted molar refractivity (Wildman–Crippen MR) is 132 cm³/mol. The van der Waals surface area contributed by atoms with Gasteiger partial charge in [-0.1, -0.05) is 6.92 Å². The number of pyridine rings is 2. The van der Waals surface area contributed by atoms with Crippen LogP contribution in [0.4, 0.5) is 4.39 Å². The van der Waals surface area contributed by atoms with Gasteiger partial charge in [0, 0.05) is 22.6 Å². The molecule has 1 aromatic carbocycles. The van der Waals surface area contributed by atoms with E-state index in [-0.39, 0.29) is 59.8 Å². The highest BCUT2D eigenvalue weighted by molar-refractivity contribution is 7.81. The number of esters is 1. The van der Waals surface area contributed by atoms with Crippen LogP contribution in [0.15, 0.2) is 16.9 Å². The van der Waals surface area contributed by atoms with E-state index in [0.717, 1.165) is 22.1 Å². The molecule has 3 aromatic rings. The van der Waals surface area contributed by atoms with Gasteiger partial charge in [0.2, 0.25) is 5.91 Å².